The maximum atomic E-state index is 13.0. The van der Waals surface area contributed by atoms with Crippen molar-refractivity contribution in [3.63, 3.8) is 0 Å². The number of hydrogen-bond donors (Lipinski definition) is 0. The monoisotopic (exact) mass is 342 g/mol. The van der Waals surface area contributed by atoms with Gasteiger partial charge in [0.2, 0.25) is 0 Å². The summed E-state index contributed by atoms with van der Waals surface area (Å²) < 4.78 is 13.0. The Morgan fingerprint density at radius 1 is 0.952 bits per heavy atom. The lowest BCUT2D eigenvalue weighted by Gasteiger charge is -2.16. The maximum absolute atomic E-state index is 13.0. The van der Waals surface area contributed by atoms with Gasteiger partial charge in [-0.05, 0) is 52.9 Å². The van der Waals surface area contributed by atoms with Crippen LogP contribution in [-0.2, 0) is 6.42 Å². The molecule has 0 aliphatic carbocycles. The average Bonchev–Trinajstić information content (AvgIpc) is 2.49. The quantitative estimate of drug-likeness (QED) is 0.514. The highest BCUT2D eigenvalue weighted by Gasteiger charge is 2.14. The average molecular weight is 343 g/mol. The Labute approximate surface area is 132 Å². The fraction of sp³-hybridized carbons (Fsp3) is 0.158. The van der Waals surface area contributed by atoms with Gasteiger partial charge in [0.15, 0.2) is 0 Å². The fourth-order valence-corrected chi connectivity index (χ4v) is 3.73. The molecular weight excluding hydrogens is 327 g/mol. The third-order valence-corrected chi connectivity index (χ3v) is 4.61. The van der Waals surface area contributed by atoms with Crippen molar-refractivity contribution >= 4 is 26.7 Å². The van der Waals surface area contributed by atoms with Crippen LogP contribution < -0.4 is 0 Å². The summed E-state index contributed by atoms with van der Waals surface area (Å²) in [6, 6.07) is 19.5. The summed E-state index contributed by atoms with van der Waals surface area (Å²) in [5, 5.41) is 2.53. The molecule has 106 valence electrons. The highest BCUT2D eigenvalue weighted by molar-refractivity contribution is 9.09. The zero-order valence-corrected chi connectivity index (χ0v) is 13.4. The molecule has 1 unspecified atom stereocenters. The molecule has 3 aromatic carbocycles. The maximum Gasteiger partial charge on any atom is 0.123 e. The van der Waals surface area contributed by atoms with Crippen molar-refractivity contribution in [3.8, 4) is 0 Å². The van der Waals surface area contributed by atoms with Crippen LogP contribution in [0.3, 0.4) is 0 Å². The molecule has 0 spiro atoms. The number of hydrogen-bond acceptors (Lipinski definition) is 0. The van der Waals surface area contributed by atoms with Crippen LogP contribution in [0.15, 0.2) is 60.7 Å². The summed E-state index contributed by atoms with van der Waals surface area (Å²) in [5.41, 5.74) is 3.72. The first-order valence-electron chi connectivity index (χ1n) is 7.02. The SMILES string of the molecule is Cc1ccc2ccccc2c1C(Br)Cc1ccc(F)cc1. The first-order valence-corrected chi connectivity index (χ1v) is 7.93. The van der Waals surface area contributed by atoms with Gasteiger partial charge in [0.1, 0.15) is 5.82 Å². The number of alkyl halides is 1. The third kappa shape index (κ3) is 3.01. The molecule has 3 aromatic rings. The zero-order valence-electron chi connectivity index (χ0n) is 11.8. The van der Waals surface area contributed by atoms with Gasteiger partial charge in [-0.25, -0.2) is 4.39 Å². The molecule has 0 fully saturated rings. The summed E-state index contributed by atoms with van der Waals surface area (Å²) in [4.78, 5) is 0.217. The van der Waals surface area contributed by atoms with Gasteiger partial charge in [-0.3, -0.25) is 0 Å². The van der Waals surface area contributed by atoms with Crippen molar-refractivity contribution < 1.29 is 4.39 Å². The predicted octanol–water partition coefficient (Wildman–Crippen LogP) is 5.97. The van der Waals surface area contributed by atoms with E-state index in [2.05, 4.69) is 59.3 Å². The molecule has 0 N–H and O–H groups in total. The van der Waals surface area contributed by atoms with Gasteiger partial charge in [0.25, 0.3) is 0 Å². The highest BCUT2D eigenvalue weighted by Crippen LogP contribution is 2.35. The lowest BCUT2D eigenvalue weighted by Crippen LogP contribution is -1.99. The van der Waals surface area contributed by atoms with Crippen LogP contribution >= 0.6 is 15.9 Å². The van der Waals surface area contributed by atoms with Gasteiger partial charge in [-0.15, -0.1) is 0 Å². The fourth-order valence-electron chi connectivity index (χ4n) is 2.75. The summed E-state index contributed by atoms with van der Waals surface area (Å²) >= 11 is 3.82. The van der Waals surface area contributed by atoms with Crippen LogP contribution in [0.2, 0.25) is 0 Å². The number of benzene rings is 3. The van der Waals surface area contributed by atoms with Crippen molar-refractivity contribution in [2.75, 3.05) is 0 Å². The van der Waals surface area contributed by atoms with E-state index in [1.807, 2.05) is 12.1 Å². The predicted molar refractivity (Wildman–Crippen MR) is 90.5 cm³/mol. The van der Waals surface area contributed by atoms with E-state index in [1.165, 1.54) is 34.0 Å². The van der Waals surface area contributed by atoms with Crippen molar-refractivity contribution in [2.24, 2.45) is 0 Å². The molecule has 0 radical (unpaired) electrons. The molecule has 2 heteroatoms. The van der Waals surface area contributed by atoms with E-state index in [-0.39, 0.29) is 10.6 Å². The van der Waals surface area contributed by atoms with Crippen molar-refractivity contribution in [1.29, 1.82) is 0 Å². The topological polar surface area (TPSA) is 0 Å². The van der Waals surface area contributed by atoms with E-state index in [4.69, 9.17) is 0 Å². The van der Waals surface area contributed by atoms with E-state index in [9.17, 15) is 4.39 Å². The number of fused-ring (bicyclic) bond motifs is 1. The van der Waals surface area contributed by atoms with Crippen molar-refractivity contribution in [3.05, 3.63) is 83.2 Å². The summed E-state index contributed by atoms with van der Waals surface area (Å²) in [6.07, 6.45) is 0.842. The van der Waals surface area contributed by atoms with E-state index in [0.29, 0.717) is 0 Å². The summed E-state index contributed by atoms with van der Waals surface area (Å²) in [7, 11) is 0. The second-order valence-corrected chi connectivity index (χ2v) is 6.42. The standard InChI is InChI=1S/C19H16BrF/c1-13-6-9-15-4-2-3-5-17(15)19(13)18(20)12-14-7-10-16(21)11-8-14/h2-11,18H,12H2,1H3. The normalized spacial score (nSPS) is 12.5. The molecule has 21 heavy (non-hydrogen) atoms. The lowest BCUT2D eigenvalue weighted by atomic mass is 9.94. The van der Waals surface area contributed by atoms with Crippen molar-refractivity contribution in [1.82, 2.24) is 0 Å². The highest BCUT2D eigenvalue weighted by atomic mass is 79.9. The number of halogens is 2. The first kappa shape index (κ1) is 14.3. The third-order valence-electron chi connectivity index (χ3n) is 3.83. The molecule has 0 aromatic heterocycles. The molecule has 3 rings (SSSR count). The molecule has 0 bridgehead atoms. The Balaban J connectivity index is 1.99. The molecule has 0 amide bonds. The van der Waals surface area contributed by atoms with Crippen LogP contribution in [0.5, 0.6) is 0 Å². The van der Waals surface area contributed by atoms with Crippen LogP contribution in [0, 0.1) is 12.7 Å². The molecule has 0 saturated heterocycles. The summed E-state index contributed by atoms with van der Waals surface area (Å²) in [5.74, 6) is -0.189. The smallest absolute Gasteiger partial charge is 0.123 e. The minimum atomic E-state index is -0.189. The summed E-state index contributed by atoms with van der Waals surface area (Å²) in [6.45, 7) is 2.14. The Kier molecular flexibility index (Phi) is 4.07. The van der Waals surface area contributed by atoms with Gasteiger partial charge in [0, 0.05) is 4.83 Å². The molecular formula is C19H16BrF. The van der Waals surface area contributed by atoms with E-state index >= 15 is 0 Å². The second kappa shape index (κ2) is 5.98. The molecule has 0 saturated carbocycles. The zero-order chi connectivity index (χ0) is 14.8. The minimum Gasteiger partial charge on any atom is -0.207 e. The van der Waals surface area contributed by atoms with E-state index in [1.54, 1.807) is 0 Å². The second-order valence-electron chi connectivity index (χ2n) is 5.32. The lowest BCUT2D eigenvalue weighted by molar-refractivity contribution is 0.627. The van der Waals surface area contributed by atoms with E-state index < -0.39 is 0 Å². The van der Waals surface area contributed by atoms with Crippen LogP contribution in [-0.4, -0.2) is 0 Å². The molecule has 0 aliphatic heterocycles. The van der Waals surface area contributed by atoms with Gasteiger partial charge in [-0.1, -0.05) is 64.5 Å². The number of rotatable bonds is 3. The molecule has 0 aliphatic rings. The molecule has 0 nitrogen and oxygen atoms in total. The molecule has 1 atom stereocenters. The molecule has 0 heterocycles. The van der Waals surface area contributed by atoms with Gasteiger partial charge >= 0.3 is 0 Å². The Hall–Kier alpha value is -1.67. The van der Waals surface area contributed by atoms with Crippen LogP contribution in [0.25, 0.3) is 10.8 Å². The Morgan fingerprint density at radius 3 is 2.43 bits per heavy atom. The van der Waals surface area contributed by atoms with Crippen LogP contribution in [0.1, 0.15) is 21.5 Å². The Bertz CT molecular complexity index is 762. The van der Waals surface area contributed by atoms with Gasteiger partial charge in [0.05, 0.1) is 0 Å². The minimum absolute atomic E-state index is 0.189. The van der Waals surface area contributed by atoms with Crippen molar-refractivity contribution in [2.45, 2.75) is 18.2 Å². The largest absolute Gasteiger partial charge is 0.207 e. The first-order chi connectivity index (χ1) is 10.1. The van der Waals surface area contributed by atoms with Crippen LogP contribution in [0.4, 0.5) is 4.39 Å². The Morgan fingerprint density at radius 2 is 1.67 bits per heavy atom. The van der Waals surface area contributed by atoms with Gasteiger partial charge in [-0.2, -0.15) is 0 Å². The number of aryl methyl sites for hydroxylation is 1. The van der Waals surface area contributed by atoms with Gasteiger partial charge < -0.3 is 0 Å². The van der Waals surface area contributed by atoms with E-state index in [0.717, 1.165) is 12.0 Å².